The van der Waals surface area contributed by atoms with Crippen LogP contribution in [0.25, 0.3) is 0 Å². The van der Waals surface area contributed by atoms with Gasteiger partial charge in [0.15, 0.2) is 0 Å². The van der Waals surface area contributed by atoms with E-state index < -0.39 is 0 Å². The molecule has 19 heavy (non-hydrogen) atoms. The average molecular weight is 265 g/mol. The van der Waals surface area contributed by atoms with Crippen LogP contribution >= 0.6 is 0 Å². The van der Waals surface area contributed by atoms with Gasteiger partial charge in [-0.1, -0.05) is 65.7 Å². The van der Waals surface area contributed by atoms with Crippen LogP contribution in [0.15, 0.2) is 0 Å². The molecule has 1 heteroatoms. The zero-order valence-corrected chi connectivity index (χ0v) is 13.6. The molecule has 2 fully saturated rings. The van der Waals surface area contributed by atoms with Crippen molar-refractivity contribution in [1.29, 1.82) is 0 Å². The quantitative estimate of drug-likeness (QED) is 0.676. The van der Waals surface area contributed by atoms with Gasteiger partial charge in [-0.15, -0.1) is 0 Å². The van der Waals surface area contributed by atoms with Crippen LogP contribution in [-0.4, -0.2) is 13.1 Å². The van der Waals surface area contributed by atoms with Gasteiger partial charge in [0.25, 0.3) is 0 Å². The Morgan fingerprint density at radius 2 is 1.89 bits per heavy atom. The van der Waals surface area contributed by atoms with E-state index in [4.69, 9.17) is 0 Å². The van der Waals surface area contributed by atoms with Crippen molar-refractivity contribution in [2.75, 3.05) is 7.05 Å². The summed E-state index contributed by atoms with van der Waals surface area (Å²) in [6, 6.07) is 0.815. The molecule has 6 atom stereocenters. The average Bonchev–Trinajstić information content (AvgIpc) is 2.51. The van der Waals surface area contributed by atoms with Gasteiger partial charge >= 0.3 is 0 Å². The van der Waals surface area contributed by atoms with Gasteiger partial charge in [-0.05, 0) is 43.1 Å². The highest BCUT2D eigenvalue weighted by molar-refractivity contribution is 5.05. The van der Waals surface area contributed by atoms with Crippen LogP contribution in [0.3, 0.4) is 0 Å². The first kappa shape index (κ1) is 15.4. The molecule has 2 aliphatic carbocycles. The second-order valence-electron chi connectivity index (χ2n) is 7.37. The second kappa shape index (κ2) is 7.11. The van der Waals surface area contributed by atoms with Crippen LogP contribution < -0.4 is 5.32 Å². The molecule has 0 aromatic heterocycles. The number of fused-ring (bicyclic) bond motifs is 1. The van der Waals surface area contributed by atoms with Crippen molar-refractivity contribution in [3.05, 3.63) is 0 Å². The Morgan fingerprint density at radius 3 is 2.58 bits per heavy atom. The summed E-state index contributed by atoms with van der Waals surface area (Å²) in [5.74, 6) is 4.85. The fourth-order valence-corrected chi connectivity index (χ4v) is 5.17. The van der Waals surface area contributed by atoms with E-state index >= 15 is 0 Å². The molecule has 0 saturated heterocycles. The van der Waals surface area contributed by atoms with E-state index in [1.807, 2.05) is 0 Å². The zero-order chi connectivity index (χ0) is 13.8. The summed E-state index contributed by atoms with van der Waals surface area (Å²) in [6.07, 6.45) is 11.6. The third-order valence-corrected chi connectivity index (χ3v) is 6.18. The Balaban J connectivity index is 1.95. The van der Waals surface area contributed by atoms with E-state index in [0.29, 0.717) is 0 Å². The van der Waals surface area contributed by atoms with Gasteiger partial charge in [0.1, 0.15) is 0 Å². The molecule has 1 nitrogen and oxygen atoms in total. The molecule has 2 aliphatic rings. The normalized spacial score (nSPS) is 40.1. The summed E-state index contributed by atoms with van der Waals surface area (Å²) in [6.45, 7) is 7.34. The minimum absolute atomic E-state index is 0.815. The van der Waals surface area contributed by atoms with Crippen molar-refractivity contribution in [3.63, 3.8) is 0 Å². The third-order valence-electron chi connectivity index (χ3n) is 6.18. The van der Waals surface area contributed by atoms with Gasteiger partial charge in [-0.2, -0.15) is 0 Å². The van der Waals surface area contributed by atoms with E-state index in [1.165, 1.54) is 51.4 Å². The lowest BCUT2D eigenvalue weighted by atomic mass is 9.52. The molecule has 2 saturated carbocycles. The largest absolute Gasteiger partial charge is 0.316 e. The molecule has 0 radical (unpaired) electrons. The van der Waals surface area contributed by atoms with Crippen molar-refractivity contribution in [1.82, 2.24) is 5.32 Å². The number of rotatable bonds is 6. The van der Waals surface area contributed by atoms with Gasteiger partial charge in [-0.3, -0.25) is 0 Å². The molecule has 0 aromatic rings. The predicted molar refractivity (Wildman–Crippen MR) is 84.3 cm³/mol. The monoisotopic (exact) mass is 265 g/mol. The molecule has 0 amide bonds. The summed E-state index contributed by atoms with van der Waals surface area (Å²) in [4.78, 5) is 0. The predicted octanol–water partition coefficient (Wildman–Crippen LogP) is 4.86. The van der Waals surface area contributed by atoms with Gasteiger partial charge in [0.2, 0.25) is 0 Å². The van der Waals surface area contributed by atoms with Crippen LogP contribution in [0, 0.1) is 29.6 Å². The second-order valence-corrected chi connectivity index (χ2v) is 7.37. The first-order chi connectivity index (χ1) is 9.20. The third kappa shape index (κ3) is 3.17. The molecule has 6 unspecified atom stereocenters. The minimum Gasteiger partial charge on any atom is -0.316 e. The fraction of sp³-hybridized carbons (Fsp3) is 1.00. The number of hydrogen-bond acceptors (Lipinski definition) is 1. The molecule has 112 valence electrons. The van der Waals surface area contributed by atoms with Crippen LogP contribution in [0.1, 0.15) is 72.1 Å². The topological polar surface area (TPSA) is 12.0 Å². The molecular weight excluding hydrogens is 230 g/mol. The van der Waals surface area contributed by atoms with Crippen molar-refractivity contribution >= 4 is 0 Å². The number of unbranched alkanes of at least 4 members (excludes halogenated alkanes) is 2. The first-order valence-corrected chi connectivity index (χ1v) is 8.88. The van der Waals surface area contributed by atoms with Crippen LogP contribution in [0.5, 0.6) is 0 Å². The van der Waals surface area contributed by atoms with Gasteiger partial charge in [0.05, 0.1) is 0 Å². The maximum Gasteiger partial charge on any atom is 0.0131 e. The van der Waals surface area contributed by atoms with E-state index in [9.17, 15) is 0 Å². The lowest BCUT2D eigenvalue weighted by molar-refractivity contribution is -0.0498. The zero-order valence-electron chi connectivity index (χ0n) is 13.6. The SMILES string of the molecule is CCCCCC(C)C1C2CCCCC(C)C2C1NC. The Morgan fingerprint density at radius 1 is 1.16 bits per heavy atom. The van der Waals surface area contributed by atoms with Crippen LogP contribution in [0.2, 0.25) is 0 Å². The Kier molecular flexibility index (Phi) is 5.74. The Labute approximate surface area is 120 Å². The summed E-state index contributed by atoms with van der Waals surface area (Å²) < 4.78 is 0. The first-order valence-electron chi connectivity index (χ1n) is 8.88. The smallest absolute Gasteiger partial charge is 0.0131 e. The van der Waals surface area contributed by atoms with Gasteiger partial charge in [-0.25, -0.2) is 0 Å². The molecule has 0 aromatic carbocycles. The number of hydrogen-bond donors (Lipinski definition) is 1. The van der Waals surface area contributed by atoms with Crippen molar-refractivity contribution < 1.29 is 0 Å². The molecule has 0 heterocycles. The minimum atomic E-state index is 0.815. The standard InChI is InChI=1S/C18H35N/c1-5-6-7-10-13(2)16-15-12-9-8-11-14(3)17(15)18(16)19-4/h13-19H,5-12H2,1-4H3. The molecular formula is C18H35N. The summed E-state index contributed by atoms with van der Waals surface area (Å²) in [5, 5.41) is 3.68. The highest BCUT2D eigenvalue weighted by Gasteiger charge is 2.52. The Hall–Kier alpha value is -0.0400. The summed E-state index contributed by atoms with van der Waals surface area (Å²) in [5.41, 5.74) is 0. The maximum atomic E-state index is 3.68. The van der Waals surface area contributed by atoms with E-state index in [-0.39, 0.29) is 0 Å². The summed E-state index contributed by atoms with van der Waals surface area (Å²) in [7, 11) is 2.20. The highest BCUT2D eigenvalue weighted by Crippen LogP contribution is 2.54. The lowest BCUT2D eigenvalue weighted by Crippen LogP contribution is -2.61. The van der Waals surface area contributed by atoms with Crippen LogP contribution in [-0.2, 0) is 0 Å². The molecule has 0 aliphatic heterocycles. The van der Waals surface area contributed by atoms with Crippen LogP contribution in [0.4, 0.5) is 0 Å². The number of nitrogens with one attached hydrogen (secondary N) is 1. The molecule has 0 spiro atoms. The molecule has 0 bridgehead atoms. The van der Waals surface area contributed by atoms with Crippen molar-refractivity contribution in [2.45, 2.75) is 78.2 Å². The lowest BCUT2D eigenvalue weighted by Gasteiger charge is -2.56. The molecule has 2 rings (SSSR count). The van der Waals surface area contributed by atoms with E-state index in [1.54, 1.807) is 0 Å². The molecule has 1 N–H and O–H groups in total. The summed E-state index contributed by atoms with van der Waals surface area (Å²) >= 11 is 0. The van der Waals surface area contributed by atoms with Crippen molar-refractivity contribution in [2.24, 2.45) is 29.6 Å². The van der Waals surface area contributed by atoms with E-state index in [0.717, 1.165) is 35.6 Å². The van der Waals surface area contributed by atoms with Gasteiger partial charge < -0.3 is 5.32 Å². The van der Waals surface area contributed by atoms with E-state index in [2.05, 4.69) is 33.1 Å². The Bertz CT molecular complexity index is 262. The maximum absolute atomic E-state index is 3.68. The highest BCUT2D eigenvalue weighted by atomic mass is 14.9. The fourth-order valence-electron chi connectivity index (χ4n) is 5.17. The van der Waals surface area contributed by atoms with Gasteiger partial charge in [0, 0.05) is 6.04 Å². The van der Waals surface area contributed by atoms with Crippen molar-refractivity contribution in [3.8, 4) is 0 Å².